The van der Waals surface area contributed by atoms with Crippen LogP contribution in [0.15, 0.2) is 34.1 Å². The van der Waals surface area contributed by atoms with Crippen LogP contribution in [0.3, 0.4) is 0 Å². The summed E-state index contributed by atoms with van der Waals surface area (Å²) < 4.78 is 5.67. The molecule has 2 aromatic heterocycles. The van der Waals surface area contributed by atoms with Crippen molar-refractivity contribution in [2.24, 2.45) is 5.73 Å². The van der Waals surface area contributed by atoms with Crippen molar-refractivity contribution >= 4 is 11.3 Å². The van der Waals surface area contributed by atoms with Gasteiger partial charge in [0.1, 0.15) is 11.5 Å². The Morgan fingerprint density at radius 2 is 2.00 bits per heavy atom. The lowest BCUT2D eigenvalue weighted by molar-refractivity contribution is 0.188. The van der Waals surface area contributed by atoms with Crippen molar-refractivity contribution in [2.75, 3.05) is 0 Å². The molecule has 0 aromatic carbocycles. The highest BCUT2D eigenvalue weighted by molar-refractivity contribution is 7.09. The molecule has 0 unspecified atom stereocenters. The first-order valence-corrected chi connectivity index (χ1v) is 7.11. The molecule has 0 spiro atoms. The zero-order valence-corrected chi connectivity index (χ0v) is 11.7. The fourth-order valence-corrected chi connectivity index (χ4v) is 2.57. The molecule has 0 aliphatic carbocycles. The second-order valence-electron chi connectivity index (χ2n) is 4.65. The van der Waals surface area contributed by atoms with Gasteiger partial charge in [0, 0.05) is 17.5 Å². The van der Waals surface area contributed by atoms with E-state index in [0.29, 0.717) is 12.6 Å². The summed E-state index contributed by atoms with van der Waals surface area (Å²) in [5.74, 6) is 1.84. The van der Waals surface area contributed by atoms with Crippen molar-refractivity contribution in [3.05, 3.63) is 46.0 Å². The first-order chi connectivity index (χ1) is 8.69. The van der Waals surface area contributed by atoms with E-state index in [9.17, 15) is 0 Å². The molecule has 2 rings (SSSR count). The van der Waals surface area contributed by atoms with Gasteiger partial charge in [-0.05, 0) is 37.4 Å². The van der Waals surface area contributed by atoms with E-state index in [4.69, 9.17) is 10.2 Å². The highest BCUT2D eigenvalue weighted by Crippen LogP contribution is 2.17. The van der Waals surface area contributed by atoms with Crippen LogP contribution in [0.1, 0.15) is 30.2 Å². The molecule has 0 amide bonds. The van der Waals surface area contributed by atoms with Crippen LogP contribution in [0, 0.1) is 0 Å². The summed E-state index contributed by atoms with van der Waals surface area (Å²) in [5, 5.41) is 2.12. The second kappa shape index (κ2) is 6.18. The van der Waals surface area contributed by atoms with Crippen LogP contribution in [0.4, 0.5) is 0 Å². The normalized spacial score (nSPS) is 11.6. The number of hydrogen-bond acceptors (Lipinski definition) is 4. The summed E-state index contributed by atoms with van der Waals surface area (Å²) in [6.45, 7) is 6.68. The first kappa shape index (κ1) is 13.3. The molecule has 98 valence electrons. The van der Waals surface area contributed by atoms with Crippen LogP contribution in [-0.2, 0) is 19.6 Å². The van der Waals surface area contributed by atoms with Gasteiger partial charge in [-0.3, -0.25) is 4.90 Å². The van der Waals surface area contributed by atoms with E-state index in [-0.39, 0.29) is 0 Å². The molecular weight excluding hydrogens is 244 g/mol. The van der Waals surface area contributed by atoms with Crippen molar-refractivity contribution in [3.63, 3.8) is 0 Å². The standard InChI is InChI=1S/C14H20N2OS/c1-11(2)16(10-14-4-3-7-18-14)9-13-6-5-12(8-15)17-13/h3-7,11H,8-10,15H2,1-2H3. The van der Waals surface area contributed by atoms with Gasteiger partial charge in [-0.15, -0.1) is 11.3 Å². The number of rotatable bonds is 6. The molecule has 3 nitrogen and oxygen atoms in total. The molecule has 18 heavy (non-hydrogen) atoms. The second-order valence-corrected chi connectivity index (χ2v) is 5.68. The molecule has 0 bridgehead atoms. The van der Waals surface area contributed by atoms with Gasteiger partial charge in [-0.2, -0.15) is 0 Å². The van der Waals surface area contributed by atoms with Crippen LogP contribution in [0.5, 0.6) is 0 Å². The van der Waals surface area contributed by atoms with E-state index in [1.807, 2.05) is 12.1 Å². The van der Waals surface area contributed by atoms with Crippen molar-refractivity contribution in [1.29, 1.82) is 0 Å². The summed E-state index contributed by atoms with van der Waals surface area (Å²) in [5.41, 5.74) is 5.56. The van der Waals surface area contributed by atoms with Crippen molar-refractivity contribution < 1.29 is 4.42 Å². The van der Waals surface area contributed by atoms with Gasteiger partial charge in [-0.25, -0.2) is 0 Å². The van der Waals surface area contributed by atoms with E-state index in [1.54, 1.807) is 11.3 Å². The first-order valence-electron chi connectivity index (χ1n) is 6.23. The van der Waals surface area contributed by atoms with Crippen LogP contribution in [-0.4, -0.2) is 10.9 Å². The summed E-state index contributed by atoms with van der Waals surface area (Å²) in [6, 6.07) is 8.73. The minimum absolute atomic E-state index is 0.465. The monoisotopic (exact) mass is 264 g/mol. The van der Waals surface area contributed by atoms with Crippen LogP contribution >= 0.6 is 11.3 Å². The Bertz CT molecular complexity index is 462. The zero-order chi connectivity index (χ0) is 13.0. The maximum Gasteiger partial charge on any atom is 0.118 e. The summed E-state index contributed by atoms with van der Waals surface area (Å²) in [4.78, 5) is 3.78. The maximum atomic E-state index is 5.67. The van der Waals surface area contributed by atoms with Gasteiger partial charge >= 0.3 is 0 Å². The third kappa shape index (κ3) is 3.45. The molecule has 0 saturated heterocycles. The van der Waals surface area contributed by atoms with Gasteiger partial charge in [0.2, 0.25) is 0 Å². The molecular formula is C14H20N2OS. The fourth-order valence-electron chi connectivity index (χ4n) is 1.84. The quantitative estimate of drug-likeness (QED) is 0.871. The zero-order valence-electron chi connectivity index (χ0n) is 10.9. The van der Waals surface area contributed by atoms with E-state index in [1.165, 1.54) is 4.88 Å². The van der Waals surface area contributed by atoms with E-state index < -0.39 is 0 Å². The lowest BCUT2D eigenvalue weighted by Crippen LogP contribution is -2.29. The minimum Gasteiger partial charge on any atom is -0.463 e. The fraction of sp³-hybridized carbons (Fsp3) is 0.429. The molecule has 2 aromatic rings. The topological polar surface area (TPSA) is 42.4 Å². The number of hydrogen-bond donors (Lipinski definition) is 1. The van der Waals surface area contributed by atoms with Crippen molar-refractivity contribution in [3.8, 4) is 0 Å². The Morgan fingerprint density at radius 3 is 2.56 bits per heavy atom. The third-order valence-corrected chi connectivity index (χ3v) is 3.81. The Balaban J connectivity index is 2.02. The van der Waals surface area contributed by atoms with Gasteiger partial charge in [0.15, 0.2) is 0 Å². The number of thiophene rings is 1. The lowest BCUT2D eigenvalue weighted by Gasteiger charge is -2.24. The number of nitrogens with two attached hydrogens (primary N) is 1. The molecule has 2 N–H and O–H groups in total. The average molecular weight is 264 g/mol. The van der Waals surface area contributed by atoms with Crippen LogP contribution < -0.4 is 5.73 Å². The van der Waals surface area contributed by atoms with Gasteiger partial charge in [0.05, 0.1) is 13.1 Å². The highest BCUT2D eigenvalue weighted by Gasteiger charge is 2.13. The lowest BCUT2D eigenvalue weighted by atomic mass is 10.2. The molecule has 0 saturated carbocycles. The molecule has 0 fully saturated rings. The predicted octanol–water partition coefficient (Wildman–Crippen LogP) is 3.21. The highest BCUT2D eigenvalue weighted by atomic mass is 32.1. The van der Waals surface area contributed by atoms with Crippen molar-refractivity contribution in [2.45, 2.75) is 39.5 Å². The third-order valence-electron chi connectivity index (χ3n) is 2.95. The summed E-state index contributed by atoms with van der Waals surface area (Å²) in [6.07, 6.45) is 0. The largest absolute Gasteiger partial charge is 0.463 e. The molecule has 0 atom stereocenters. The average Bonchev–Trinajstić information content (AvgIpc) is 2.99. The van der Waals surface area contributed by atoms with Crippen molar-refractivity contribution in [1.82, 2.24) is 4.90 Å². The Labute approximate surface area is 112 Å². The summed E-state index contributed by atoms with van der Waals surface area (Å²) in [7, 11) is 0. The van der Waals surface area contributed by atoms with Crippen LogP contribution in [0.25, 0.3) is 0 Å². The smallest absolute Gasteiger partial charge is 0.118 e. The van der Waals surface area contributed by atoms with E-state index in [0.717, 1.165) is 24.6 Å². The van der Waals surface area contributed by atoms with E-state index >= 15 is 0 Å². The molecule has 0 aliphatic rings. The van der Waals surface area contributed by atoms with Gasteiger partial charge in [0.25, 0.3) is 0 Å². The summed E-state index contributed by atoms with van der Waals surface area (Å²) >= 11 is 1.80. The Morgan fingerprint density at radius 1 is 1.22 bits per heavy atom. The number of furan rings is 1. The molecule has 2 heterocycles. The SMILES string of the molecule is CC(C)N(Cc1ccc(CN)o1)Cc1cccs1. The van der Waals surface area contributed by atoms with Gasteiger partial charge in [-0.1, -0.05) is 6.07 Å². The molecule has 0 radical (unpaired) electrons. The van der Waals surface area contributed by atoms with Crippen LogP contribution in [0.2, 0.25) is 0 Å². The van der Waals surface area contributed by atoms with E-state index in [2.05, 4.69) is 36.3 Å². The number of nitrogens with zero attached hydrogens (tertiary/aromatic N) is 1. The Hall–Kier alpha value is -1.10. The maximum absolute atomic E-state index is 5.67. The molecule has 4 heteroatoms. The molecule has 0 aliphatic heterocycles. The van der Waals surface area contributed by atoms with Gasteiger partial charge < -0.3 is 10.2 Å². The Kier molecular flexibility index (Phi) is 4.58. The minimum atomic E-state index is 0.465. The predicted molar refractivity (Wildman–Crippen MR) is 75.3 cm³/mol.